The number of nitrogens with zero attached hydrogens (tertiary/aromatic N) is 1. The van der Waals surface area contributed by atoms with E-state index < -0.39 is 5.97 Å². The quantitative estimate of drug-likeness (QED) is 0.678. The second-order valence-corrected chi connectivity index (χ2v) is 4.16. The van der Waals surface area contributed by atoms with E-state index in [4.69, 9.17) is 5.11 Å². The lowest BCUT2D eigenvalue weighted by Crippen LogP contribution is -2.33. The van der Waals surface area contributed by atoms with E-state index in [0.29, 0.717) is 13.1 Å². The van der Waals surface area contributed by atoms with Crippen molar-refractivity contribution in [2.24, 2.45) is 11.8 Å². The smallest absolute Gasteiger partial charge is 0.308 e. The van der Waals surface area contributed by atoms with E-state index in [0.717, 1.165) is 13.1 Å². The van der Waals surface area contributed by atoms with Gasteiger partial charge in [-0.15, -0.1) is 0 Å². The topological polar surface area (TPSA) is 69.6 Å². The zero-order valence-electron chi connectivity index (χ0n) is 9.19. The molecule has 15 heavy (non-hydrogen) atoms. The lowest BCUT2D eigenvalue weighted by molar-refractivity contribution is -0.142. The highest BCUT2D eigenvalue weighted by Gasteiger charge is 2.34. The fourth-order valence-corrected chi connectivity index (χ4v) is 1.96. The number of rotatable bonds is 4. The van der Waals surface area contributed by atoms with Crippen LogP contribution in [0, 0.1) is 11.8 Å². The molecule has 2 N–H and O–H groups in total. The molecule has 1 heterocycles. The largest absolute Gasteiger partial charge is 0.481 e. The summed E-state index contributed by atoms with van der Waals surface area (Å²) in [4.78, 5) is 23.6. The van der Waals surface area contributed by atoms with Gasteiger partial charge in [-0.25, -0.2) is 0 Å². The molecule has 0 spiro atoms. The Morgan fingerprint density at radius 1 is 1.47 bits per heavy atom. The summed E-state index contributed by atoms with van der Waals surface area (Å²) < 4.78 is 0. The summed E-state index contributed by atoms with van der Waals surface area (Å²) in [5, 5.41) is 11.6. The van der Waals surface area contributed by atoms with Crippen molar-refractivity contribution in [1.29, 1.82) is 0 Å². The molecule has 1 aliphatic rings. The molecule has 0 radical (unpaired) electrons. The summed E-state index contributed by atoms with van der Waals surface area (Å²) in [6.07, 6.45) is 0. The SMILES string of the molecule is CC(=O)NCCN1CC(C)C(C(=O)O)C1. The predicted molar refractivity (Wildman–Crippen MR) is 55.4 cm³/mol. The van der Waals surface area contributed by atoms with E-state index in [1.165, 1.54) is 6.92 Å². The molecule has 0 aromatic carbocycles. The Morgan fingerprint density at radius 3 is 2.60 bits per heavy atom. The average Bonchev–Trinajstić information content (AvgIpc) is 2.46. The van der Waals surface area contributed by atoms with Crippen molar-refractivity contribution in [2.45, 2.75) is 13.8 Å². The molecule has 0 aliphatic carbocycles. The van der Waals surface area contributed by atoms with Crippen LogP contribution in [0.3, 0.4) is 0 Å². The highest BCUT2D eigenvalue weighted by Crippen LogP contribution is 2.22. The second kappa shape index (κ2) is 5.11. The van der Waals surface area contributed by atoms with Crippen LogP contribution >= 0.6 is 0 Å². The average molecular weight is 214 g/mol. The highest BCUT2D eigenvalue weighted by molar-refractivity contribution is 5.72. The van der Waals surface area contributed by atoms with Crippen molar-refractivity contribution in [3.8, 4) is 0 Å². The van der Waals surface area contributed by atoms with Gasteiger partial charge in [-0.3, -0.25) is 9.59 Å². The molecule has 86 valence electrons. The van der Waals surface area contributed by atoms with Gasteiger partial charge in [0.25, 0.3) is 0 Å². The van der Waals surface area contributed by atoms with Gasteiger partial charge in [0, 0.05) is 33.1 Å². The van der Waals surface area contributed by atoms with Crippen LogP contribution in [0.5, 0.6) is 0 Å². The summed E-state index contributed by atoms with van der Waals surface area (Å²) in [7, 11) is 0. The molecule has 1 amide bonds. The minimum atomic E-state index is -0.718. The number of amides is 1. The van der Waals surface area contributed by atoms with Gasteiger partial charge in [0.05, 0.1) is 5.92 Å². The number of hydrogen-bond donors (Lipinski definition) is 2. The minimum absolute atomic E-state index is 0.0444. The third-order valence-electron chi connectivity index (χ3n) is 2.81. The lowest BCUT2D eigenvalue weighted by atomic mass is 9.99. The number of carbonyl (C=O) groups excluding carboxylic acids is 1. The Balaban J connectivity index is 2.29. The fraction of sp³-hybridized carbons (Fsp3) is 0.800. The van der Waals surface area contributed by atoms with Gasteiger partial charge in [0.2, 0.25) is 5.91 Å². The van der Waals surface area contributed by atoms with E-state index in [1.807, 2.05) is 6.92 Å². The monoisotopic (exact) mass is 214 g/mol. The number of aliphatic carboxylic acids is 1. The van der Waals surface area contributed by atoms with Gasteiger partial charge < -0.3 is 15.3 Å². The zero-order chi connectivity index (χ0) is 11.4. The first-order valence-corrected chi connectivity index (χ1v) is 5.20. The van der Waals surface area contributed by atoms with Crippen LogP contribution in [0.4, 0.5) is 0 Å². The van der Waals surface area contributed by atoms with Crippen molar-refractivity contribution in [1.82, 2.24) is 10.2 Å². The standard InChI is InChI=1S/C10H18N2O3/c1-7-5-12(4-3-11-8(2)13)6-9(7)10(14)15/h7,9H,3-6H2,1-2H3,(H,11,13)(H,14,15). The maximum atomic E-state index is 10.8. The van der Waals surface area contributed by atoms with Gasteiger partial charge in [0.1, 0.15) is 0 Å². The first kappa shape index (κ1) is 12.0. The number of carbonyl (C=O) groups is 2. The molecule has 2 atom stereocenters. The lowest BCUT2D eigenvalue weighted by Gasteiger charge is -2.14. The molecule has 1 fully saturated rings. The third-order valence-corrected chi connectivity index (χ3v) is 2.81. The molecule has 1 rings (SSSR count). The van der Waals surface area contributed by atoms with Crippen LogP contribution < -0.4 is 5.32 Å². The second-order valence-electron chi connectivity index (χ2n) is 4.16. The minimum Gasteiger partial charge on any atom is -0.481 e. The molecule has 1 aliphatic heterocycles. The first-order valence-electron chi connectivity index (χ1n) is 5.20. The zero-order valence-corrected chi connectivity index (χ0v) is 9.19. The van der Waals surface area contributed by atoms with Crippen molar-refractivity contribution < 1.29 is 14.7 Å². The molecule has 0 saturated carbocycles. The molecule has 0 aromatic rings. The molecule has 1 saturated heterocycles. The fourth-order valence-electron chi connectivity index (χ4n) is 1.96. The Morgan fingerprint density at radius 2 is 2.13 bits per heavy atom. The van der Waals surface area contributed by atoms with Crippen molar-refractivity contribution >= 4 is 11.9 Å². The van der Waals surface area contributed by atoms with Gasteiger partial charge in [-0.05, 0) is 5.92 Å². The molecular formula is C10H18N2O3. The molecule has 2 unspecified atom stereocenters. The predicted octanol–water partition coefficient (Wildman–Crippen LogP) is -0.225. The summed E-state index contributed by atoms with van der Waals surface area (Å²) in [6.45, 7) is 6.15. The van der Waals surface area contributed by atoms with Crippen LogP contribution in [0.2, 0.25) is 0 Å². The van der Waals surface area contributed by atoms with Crippen LogP contribution in [0.15, 0.2) is 0 Å². The highest BCUT2D eigenvalue weighted by atomic mass is 16.4. The molecule has 0 bridgehead atoms. The van der Waals surface area contributed by atoms with Crippen molar-refractivity contribution in [2.75, 3.05) is 26.2 Å². The van der Waals surface area contributed by atoms with E-state index >= 15 is 0 Å². The van der Waals surface area contributed by atoms with Gasteiger partial charge >= 0.3 is 5.97 Å². The Labute approximate surface area is 89.4 Å². The Kier molecular flexibility index (Phi) is 4.08. The Bertz CT molecular complexity index is 255. The summed E-state index contributed by atoms with van der Waals surface area (Å²) >= 11 is 0. The number of carboxylic acid groups (broad SMARTS) is 1. The van der Waals surface area contributed by atoms with E-state index in [1.54, 1.807) is 0 Å². The van der Waals surface area contributed by atoms with Gasteiger partial charge in [-0.1, -0.05) is 6.92 Å². The van der Waals surface area contributed by atoms with E-state index in [9.17, 15) is 9.59 Å². The van der Waals surface area contributed by atoms with Crippen molar-refractivity contribution in [3.05, 3.63) is 0 Å². The number of likely N-dealkylation sites (tertiary alicyclic amines) is 1. The first-order chi connectivity index (χ1) is 7.00. The van der Waals surface area contributed by atoms with Gasteiger partial charge in [-0.2, -0.15) is 0 Å². The normalized spacial score (nSPS) is 26.5. The molecule has 5 heteroatoms. The number of nitrogens with one attached hydrogen (secondary N) is 1. The molecular weight excluding hydrogens is 196 g/mol. The maximum Gasteiger partial charge on any atom is 0.308 e. The van der Waals surface area contributed by atoms with E-state index in [2.05, 4.69) is 10.2 Å². The summed E-state index contributed by atoms with van der Waals surface area (Å²) in [6, 6.07) is 0. The Hall–Kier alpha value is -1.10. The third kappa shape index (κ3) is 3.51. The van der Waals surface area contributed by atoms with Crippen LogP contribution in [-0.4, -0.2) is 48.1 Å². The summed E-state index contributed by atoms with van der Waals surface area (Å²) in [5.74, 6) is -0.830. The van der Waals surface area contributed by atoms with Crippen LogP contribution in [0.25, 0.3) is 0 Å². The summed E-state index contributed by atoms with van der Waals surface area (Å²) in [5.41, 5.74) is 0. The van der Waals surface area contributed by atoms with Crippen LogP contribution in [0.1, 0.15) is 13.8 Å². The van der Waals surface area contributed by atoms with Gasteiger partial charge in [0.15, 0.2) is 0 Å². The number of hydrogen-bond acceptors (Lipinski definition) is 3. The van der Waals surface area contributed by atoms with E-state index in [-0.39, 0.29) is 17.7 Å². The number of carboxylic acids is 1. The molecule has 0 aromatic heterocycles. The van der Waals surface area contributed by atoms with Crippen molar-refractivity contribution in [3.63, 3.8) is 0 Å². The molecule has 5 nitrogen and oxygen atoms in total. The maximum absolute atomic E-state index is 10.8. The van der Waals surface area contributed by atoms with Crippen LogP contribution in [-0.2, 0) is 9.59 Å².